The van der Waals surface area contributed by atoms with Crippen LogP contribution in [-0.2, 0) is 13.0 Å². The molecule has 3 rings (SSSR count). The van der Waals surface area contributed by atoms with Crippen LogP contribution in [0.25, 0.3) is 11.0 Å². The van der Waals surface area contributed by atoms with Gasteiger partial charge in [-0.15, -0.1) is 0 Å². The molecule has 1 N–H and O–H groups in total. The zero-order valence-electron chi connectivity index (χ0n) is 14.5. The molecule has 0 saturated heterocycles. The molecule has 4 heteroatoms. The Hall–Kier alpha value is -2.88. The van der Waals surface area contributed by atoms with E-state index in [4.69, 9.17) is 4.42 Å². The van der Waals surface area contributed by atoms with Crippen molar-refractivity contribution in [1.82, 2.24) is 5.32 Å². The molecule has 1 aromatic heterocycles. The average molecular weight is 335 g/mol. The van der Waals surface area contributed by atoms with Crippen LogP contribution >= 0.6 is 0 Å². The SMILES string of the molecule is CCCc1ccc2oc(=O)cc(CNC(=O)c3ccccc3C)c2c1. The monoisotopic (exact) mass is 335 g/mol. The van der Waals surface area contributed by atoms with Crippen LogP contribution in [0.2, 0.25) is 0 Å². The van der Waals surface area contributed by atoms with Gasteiger partial charge in [-0.1, -0.05) is 37.6 Å². The van der Waals surface area contributed by atoms with Gasteiger partial charge in [0.25, 0.3) is 5.91 Å². The molecule has 0 bridgehead atoms. The minimum absolute atomic E-state index is 0.149. The van der Waals surface area contributed by atoms with Gasteiger partial charge in [0.2, 0.25) is 0 Å². The van der Waals surface area contributed by atoms with E-state index >= 15 is 0 Å². The van der Waals surface area contributed by atoms with Gasteiger partial charge >= 0.3 is 5.63 Å². The molecule has 25 heavy (non-hydrogen) atoms. The molecule has 1 heterocycles. The Labute approximate surface area is 146 Å². The van der Waals surface area contributed by atoms with Crippen LogP contribution in [0, 0.1) is 6.92 Å². The molecule has 2 aromatic carbocycles. The summed E-state index contributed by atoms with van der Waals surface area (Å²) in [6, 6.07) is 14.7. The third-order valence-corrected chi connectivity index (χ3v) is 4.26. The van der Waals surface area contributed by atoms with Crippen molar-refractivity contribution in [3.05, 3.63) is 81.2 Å². The smallest absolute Gasteiger partial charge is 0.336 e. The van der Waals surface area contributed by atoms with E-state index in [-0.39, 0.29) is 12.5 Å². The zero-order chi connectivity index (χ0) is 17.8. The van der Waals surface area contributed by atoms with Gasteiger partial charge in [-0.05, 0) is 48.2 Å². The van der Waals surface area contributed by atoms with Crippen LogP contribution in [0.4, 0.5) is 0 Å². The molecule has 0 aliphatic carbocycles. The van der Waals surface area contributed by atoms with Gasteiger partial charge in [0.1, 0.15) is 5.58 Å². The van der Waals surface area contributed by atoms with Gasteiger partial charge < -0.3 is 9.73 Å². The number of carbonyl (C=O) groups excluding carboxylic acids is 1. The largest absolute Gasteiger partial charge is 0.423 e. The molecule has 128 valence electrons. The van der Waals surface area contributed by atoms with E-state index in [1.807, 2.05) is 43.3 Å². The van der Waals surface area contributed by atoms with E-state index in [0.717, 1.165) is 29.4 Å². The summed E-state index contributed by atoms with van der Waals surface area (Å²) in [4.78, 5) is 24.2. The van der Waals surface area contributed by atoms with Crippen LogP contribution < -0.4 is 10.9 Å². The Bertz CT molecular complexity index is 972. The highest BCUT2D eigenvalue weighted by atomic mass is 16.4. The number of fused-ring (bicyclic) bond motifs is 1. The Morgan fingerprint density at radius 2 is 1.92 bits per heavy atom. The van der Waals surface area contributed by atoms with E-state index in [1.54, 1.807) is 6.07 Å². The van der Waals surface area contributed by atoms with Crippen molar-refractivity contribution in [2.24, 2.45) is 0 Å². The fourth-order valence-corrected chi connectivity index (χ4v) is 2.96. The molecule has 0 aliphatic heterocycles. The number of benzene rings is 2. The maximum absolute atomic E-state index is 12.4. The normalized spacial score (nSPS) is 10.8. The fraction of sp³-hybridized carbons (Fsp3) is 0.238. The van der Waals surface area contributed by atoms with Crippen molar-refractivity contribution in [2.75, 3.05) is 0 Å². The number of hydrogen-bond donors (Lipinski definition) is 1. The van der Waals surface area contributed by atoms with Crippen LogP contribution in [0.1, 0.15) is 40.4 Å². The lowest BCUT2D eigenvalue weighted by atomic mass is 10.0. The Balaban J connectivity index is 1.90. The lowest BCUT2D eigenvalue weighted by Gasteiger charge is -2.10. The quantitative estimate of drug-likeness (QED) is 0.717. The highest BCUT2D eigenvalue weighted by Crippen LogP contribution is 2.20. The van der Waals surface area contributed by atoms with E-state index in [0.29, 0.717) is 11.1 Å². The van der Waals surface area contributed by atoms with E-state index in [2.05, 4.69) is 12.2 Å². The molecule has 0 fully saturated rings. The van der Waals surface area contributed by atoms with Crippen molar-refractivity contribution >= 4 is 16.9 Å². The van der Waals surface area contributed by atoms with Crippen molar-refractivity contribution in [2.45, 2.75) is 33.2 Å². The first kappa shape index (κ1) is 17.0. The van der Waals surface area contributed by atoms with Gasteiger partial charge in [-0.25, -0.2) is 4.79 Å². The van der Waals surface area contributed by atoms with Crippen LogP contribution in [0.5, 0.6) is 0 Å². The number of nitrogens with one attached hydrogen (secondary N) is 1. The highest BCUT2D eigenvalue weighted by molar-refractivity contribution is 5.95. The lowest BCUT2D eigenvalue weighted by Crippen LogP contribution is -2.24. The Kier molecular flexibility index (Phi) is 4.98. The summed E-state index contributed by atoms with van der Waals surface area (Å²) in [5.41, 5.74) is 3.66. The lowest BCUT2D eigenvalue weighted by molar-refractivity contribution is 0.0950. The second-order valence-electron chi connectivity index (χ2n) is 6.17. The summed E-state index contributed by atoms with van der Waals surface area (Å²) in [7, 11) is 0. The zero-order valence-corrected chi connectivity index (χ0v) is 14.5. The summed E-state index contributed by atoms with van der Waals surface area (Å²) >= 11 is 0. The molecular formula is C21H21NO3. The summed E-state index contributed by atoms with van der Waals surface area (Å²) in [5.74, 6) is -0.149. The number of hydrogen-bond acceptors (Lipinski definition) is 3. The standard InChI is InChI=1S/C21H21NO3/c1-3-6-15-9-10-19-18(11-15)16(12-20(23)25-19)13-22-21(24)17-8-5-4-7-14(17)2/h4-5,7-12H,3,6,13H2,1-2H3,(H,22,24). The summed E-state index contributed by atoms with van der Waals surface area (Å²) in [6.07, 6.45) is 2.01. The second kappa shape index (κ2) is 7.34. The second-order valence-corrected chi connectivity index (χ2v) is 6.17. The topological polar surface area (TPSA) is 59.3 Å². The molecule has 0 spiro atoms. The first-order valence-corrected chi connectivity index (χ1v) is 8.48. The van der Waals surface area contributed by atoms with E-state index in [1.165, 1.54) is 11.6 Å². The summed E-state index contributed by atoms with van der Waals surface area (Å²) in [5, 5.41) is 3.78. The number of aryl methyl sites for hydroxylation is 2. The van der Waals surface area contributed by atoms with Crippen molar-refractivity contribution in [1.29, 1.82) is 0 Å². The first-order valence-electron chi connectivity index (χ1n) is 8.48. The molecule has 3 aromatic rings. The van der Waals surface area contributed by atoms with Crippen LogP contribution in [0.15, 0.2) is 57.7 Å². The number of amides is 1. The molecule has 0 saturated carbocycles. The van der Waals surface area contributed by atoms with Crippen LogP contribution in [0.3, 0.4) is 0 Å². The van der Waals surface area contributed by atoms with Gasteiger partial charge in [0, 0.05) is 23.6 Å². The molecule has 0 atom stereocenters. The molecule has 0 aliphatic rings. The molecule has 1 amide bonds. The molecule has 0 unspecified atom stereocenters. The molecular weight excluding hydrogens is 314 g/mol. The van der Waals surface area contributed by atoms with Gasteiger partial charge in [-0.2, -0.15) is 0 Å². The Morgan fingerprint density at radius 1 is 1.12 bits per heavy atom. The minimum Gasteiger partial charge on any atom is -0.423 e. The number of rotatable bonds is 5. The van der Waals surface area contributed by atoms with Crippen molar-refractivity contribution in [3.63, 3.8) is 0 Å². The van der Waals surface area contributed by atoms with E-state index in [9.17, 15) is 9.59 Å². The number of carbonyl (C=O) groups is 1. The summed E-state index contributed by atoms with van der Waals surface area (Å²) in [6.45, 7) is 4.31. The fourth-order valence-electron chi connectivity index (χ4n) is 2.96. The predicted octanol–water partition coefficient (Wildman–Crippen LogP) is 3.98. The van der Waals surface area contributed by atoms with Crippen molar-refractivity contribution in [3.8, 4) is 0 Å². The first-order chi connectivity index (χ1) is 12.1. The molecule has 4 nitrogen and oxygen atoms in total. The maximum atomic E-state index is 12.4. The van der Waals surface area contributed by atoms with Gasteiger partial charge in [0.05, 0.1) is 0 Å². The predicted molar refractivity (Wildman–Crippen MR) is 98.8 cm³/mol. The molecule has 0 radical (unpaired) electrons. The van der Waals surface area contributed by atoms with Gasteiger partial charge in [-0.3, -0.25) is 4.79 Å². The van der Waals surface area contributed by atoms with Gasteiger partial charge in [0.15, 0.2) is 0 Å². The maximum Gasteiger partial charge on any atom is 0.336 e. The van der Waals surface area contributed by atoms with E-state index < -0.39 is 5.63 Å². The third-order valence-electron chi connectivity index (χ3n) is 4.26. The third kappa shape index (κ3) is 3.79. The average Bonchev–Trinajstić information content (AvgIpc) is 2.60. The Morgan fingerprint density at radius 3 is 2.68 bits per heavy atom. The van der Waals surface area contributed by atoms with Crippen LogP contribution in [-0.4, -0.2) is 5.91 Å². The minimum atomic E-state index is -0.407. The summed E-state index contributed by atoms with van der Waals surface area (Å²) < 4.78 is 5.28. The van der Waals surface area contributed by atoms with Crippen molar-refractivity contribution < 1.29 is 9.21 Å². The highest BCUT2D eigenvalue weighted by Gasteiger charge is 2.11.